The molecule has 0 fully saturated rings. The van der Waals surface area contributed by atoms with Crippen LogP contribution in [0.1, 0.15) is 31.3 Å². The van der Waals surface area contributed by atoms with E-state index in [-0.39, 0.29) is 12.5 Å². The number of halogens is 1. The molecule has 0 aliphatic carbocycles. The van der Waals surface area contributed by atoms with Gasteiger partial charge in [-0.15, -0.1) is 6.58 Å². The lowest BCUT2D eigenvalue weighted by Crippen LogP contribution is -2.03. The normalized spacial score (nSPS) is 11.1. The Hall–Kier alpha value is -1.23. The summed E-state index contributed by atoms with van der Waals surface area (Å²) in [6.07, 6.45) is 1.81. The van der Waals surface area contributed by atoms with Crippen LogP contribution < -0.4 is 0 Å². The Bertz CT molecular complexity index is 637. The molecule has 5 heteroatoms. The van der Waals surface area contributed by atoms with Gasteiger partial charge < -0.3 is 9.67 Å². The second-order valence-electron chi connectivity index (χ2n) is 4.99. The third-order valence-corrected chi connectivity index (χ3v) is 4.38. The monoisotopic (exact) mass is 322 g/mol. The third-order valence-electron chi connectivity index (χ3n) is 3.04. The van der Waals surface area contributed by atoms with E-state index in [0.29, 0.717) is 17.4 Å². The largest absolute Gasteiger partial charge is 0.388 e. The predicted molar refractivity (Wildman–Crippen MR) is 88.0 cm³/mol. The first-order chi connectivity index (χ1) is 10.1. The predicted octanol–water partition coefficient (Wildman–Crippen LogP) is 4.49. The lowest BCUT2D eigenvalue weighted by molar-refractivity contribution is 0.265. The number of aliphatic hydroxyl groups excluding tert-OH is 1. The summed E-state index contributed by atoms with van der Waals surface area (Å²) in [6, 6.07) is 7.74. The van der Waals surface area contributed by atoms with E-state index in [9.17, 15) is 5.11 Å². The molecule has 2 aromatic rings. The van der Waals surface area contributed by atoms with E-state index in [4.69, 9.17) is 11.6 Å². The number of rotatable bonds is 6. The molecular formula is C16H19ClN2OS. The van der Waals surface area contributed by atoms with Crippen molar-refractivity contribution in [3.63, 3.8) is 0 Å². The van der Waals surface area contributed by atoms with Gasteiger partial charge in [0.2, 0.25) is 0 Å². The quantitative estimate of drug-likeness (QED) is 0.796. The topological polar surface area (TPSA) is 38.0 Å². The Morgan fingerprint density at radius 2 is 2.24 bits per heavy atom. The molecule has 0 aliphatic rings. The van der Waals surface area contributed by atoms with E-state index >= 15 is 0 Å². The van der Waals surface area contributed by atoms with Crippen molar-refractivity contribution in [2.45, 2.75) is 42.8 Å². The fraction of sp³-hybridized carbons (Fsp3) is 0.312. The van der Waals surface area contributed by atoms with Crippen molar-refractivity contribution in [2.24, 2.45) is 0 Å². The molecule has 1 N–H and O–H groups in total. The van der Waals surface area contributed by atoms with Crippen LogP contribution in [0.15, 0.2) is 46.8 Å². The Morgan fingerprint density at radius 1 is 1.48 bits per heavy atom. The maximum absolute atomic E-state index is 9.53. The van der Waals surface area contributed by atoms with E-state index < -0.39 is 0 Å². The molecule has 3 nitrogen and oxygen atoms in total. The fourth-order valence-corrected chi connectivity index (χ4v) is 3.55. The lowest BCUT2D eigenvalue weighted by Gasteiger charge is -2.11. The minimum atomic E-state index is -0.0797. The van der Waals surface area contributed by atoms with Crippen molar-refractivity contribution < 1.29 is 5.11 Å². The summed E-state index contributed by atoms with van der Waals surface area (Å²) in [4.78, 5) is 5.63. The molecule has 1 aromatic heterocycles. The Balaban J connectivity index is 2.48. The van der Waals surface area contributed by atoms with E-state index in [1.54, 1.807) is 11.8 Å². The van der Waals surface area contributed by atoms with Crippen LogP contribution in [0.25, 0.3) is 0 Å². The van der Waals surface area contributed by atoms with Gasteiger partial charge in [-0.05, 0) is 24.1 Å². The van der Waals surface area contributed by atoms with Gasteiger partial charge in [0.1, 0.15) is 17.5 Å². The first-order valence-corrected chi connectivity index (χ1v) is 8.00. The highest BCUT2D eigenvalue weighted by atomic mass is 35.5. The van der Waals surface area contributed by atoms with Gasteiger partial charge >= 0.3 is 0 Å². The van der Waals surface area contributed by atoms with Gasteiger partial charge in [0, 0.05) is 16.5 Å². The molecule has 1 aromatic carbocycles. The summed E-state index contributed by atoms with van der Waals surface area (Å²) in [7, 11) is 0. The first kappa shape index (κ1) is 16.1. The van der Waals surface area contributed by atoms with Crippen molar-refractivity contribution >= 4 is 23.4 Å². The summed E-state index contributed by atoms with van der Waals surface area (Å²) in [5, 5.41) is 11.3. The maximum atomic E-state index is 9.53. The van der Waals surface area contributed by atoms with Crippen molar-refractivity contribution in [3.05, 3.63) is 53.5 Å². The highest BCUT2D eigenvalue weighted by Crippen LogP contribution is 2.35. The van der Waals surface area contributed by atoms with E-state index in [0.717, 1.165) is 15.6 Å². The van der Waals surface area contributed by atoms with Gasteiger partial charge in [-0.3, -0.25) is 0 Å². The lowest BCUT2D eigenvalue weighted by atomic mass is 10.1. The zero-order valence-electron chi connectivity index (χ0n) is 12.2. The van der Waals surface area contributed by atoms with Gasteiger partial charge in [-0.1, -0.05) is 49.4 Å². The average molecular weight is 323 g/mol. The molecule has 0 unspecified atom stereocenters. The molecule has 0 aliphatic heterocycles. The number of hydrogen-bond donors (Lipinski definition) is 1. The van der Waals surface area contributed by atoms with Crippen LogP contribution >= 0.6 is 23.4 Å². The molecule has 0 atom stereocenters. The number of allylic oxidation sites excluding steroid dienone is 1. The van der Waals surface area contributed by atoms with Crippen molar-refractivity contribution in [3.8, 4) is 0 Å². The standard InChI is InChI=1S/C16H19ClN2OS/c1-4-8-19-14(10-20)18-15(11(2)3)16(19)21-13-7-5-6-12(17)9-13/h4-7,9,11,20H,1,8,10H2,2-3H3. The van der Waals surface area contributed by atoms with E-state index in [2.05, 4.69) is 25.4 Å². The summed E-state index contributed by atoms with van der Waals surface area (Å²) in [5.74, 6) is 0.950. The van der Waals surface area contributed by atoms with Gasteiger partial charge in [0.05, 0.1) is 5.69 Å². The maximum Gasteiger partial charge on any atom is 0.136 e. The van der Waals surface area contributed by atoms with Gasteiger partial charge in [0.15, 0.2) is 0 Å². The minimum Gasteiger partial charge on any atom is -0.388 e. The van der Waals surface area contributed by atoms with Gasteiger partial charge in [0.25, 0.3) is 0 Å². The van der Waals surface area contributed by atoms with Crippen molar-refractivity contribution in [1.29, 1.82) is 0 Å². The third kappa shape index (κ3) is 3.70. The van der Waals surface area contributed by atoms with Crippen LogP contribution in [0.2, 0.25) is 5.02 Å². The number of hydrogen-bond acceptors (Lipinski definition) is 3. The zero-order valence-corrected chi connectivity index (χ0v) is 13.8. The van der Waals surface area contributed by atoms with Crippen LogP contribution in [0, 0.1) is 0 Å². The Labute approximate surface area is 134 Å². The number of benzene rings is 1. The highest BCUT2D eigenvalue weighted by Gasteiger charge is 2.19. The number of aliphatic hydroxyl groups is 1. The molecule has 21 heavy (non-hydrogen) atoms. The summed E-state index contributed by atoms with van der Waals surface area (Å²) >= 11 is 7.67. The van der Waals surface area contributed by atoms with Gasteiger partial charge in [-0.25, -0.2) is 4.98 Å². The van der Waals surface area contributed by atoms with Crippen molar-refractivity contribution in [1.82, 2.24) is 9.55 Å². The van der Waals surface area contributed by atoms with Crippen LogP contribution in [0.5, 0.6) is 0 Å². The van der Waals surface area contributed by atoms with Crippen LogP contribution in [0.4, 0.5) is 0 Å². The Kier molecular flexibility index (Phi) is 5.51. The van der Waals surface area contributed by atoms with Gasteiger partial charge in [-0.2, -0.15) is 0 Å². The number of aromatic nitrogens is 2. The zero-order chi connectivity index (χ0) is 15.4. The summed E-state index contributed by atoms with van der Waals surface area (Å²) < 4.78 is 2.01. The van der Waals surface area contributed by atoms with Crippen LogP contribution in [-0.4, -0.2) is 14.7 Å². The SMILES string of the molecule is C=CCn1c(CO)nc(C(C)C)c1Sc1cccc(Cl)c1. The second kappa shape index (κ2) is 7.16. The molecule has 2 rings (SSSR count). The first-order valence-electron chi connectivity index (χ1n) is 6.81. The molecule has 0 amide bonds. The molecule has 0 saturated carbocycles. The summed E-state index contributed by atoms with van der Waals surface area (Å²) in [5.41, 5.74) is 0.992. The fourth-order valence-electron chi connectivity index (χ4n) is 2.07. The second-order valence-corrected chi connectivity index (χ2v) is 6.49. The number of nitrogens with zero attached hydrogens (tertiary/aromatic N) is 2. The van der Waals surface area contributed by atoms with Crippen molar-refractivity contribution in [2.75, 3.05) is 0 Å². The average Bonchev–Trinajstić information content (AvgIpc) is 2.78. The number of imidazole rings is 1. The van der Waals surface area contributed by atoms with E-state index in [1.807, 2.05) is 34.9 Å². The van der Waals surface area contributed by atoms with Crippen LogP contribution in [0.3, 0.4) is 0 Å². The highest BCUT2D eigenvalue weighted by molar-refractivity contribution is 7.99. The molecule has 1 heterocycles. The van der Waals surface area contributed by atoms with Crippen LogP contribution in [-0.2, 0) is 13.2 Å². The molecule has 0 radical (unpaired) electrons. The molecular weight excluding hydrogens is 304 g/mol. The minimum absolute atomic E-state index is 0.0797. The molecule has 0 saturated heterocycles. The molecule has 0 bridgehead atoms. The van der Waals surface area contributed by atoms with E-state index in [1.165, 1.54) is 0 Å². The Morgan fingerprint density at radius 3 is 2.81 bits per heavy atom. The molecule has 0 spiro atoms. The summed E-state index contributed by atoms with van der Waals surface area (Å²) in [6.45, 7) is 8.53. The smallest absolute Gasteiger partial charge is 0.136 e. The molecule has 112 valence electrons.